The van der Waals surface area contributed by atoms with Crippen molar-refractivity contribution in [3.8, 4) is 0 Å². The van der Waals surface area contributed by atoms with Crippen molar-refractivity contribution in [1.29, 1.82) is 0 Å². The van der Waals surface area contributed by atoms with Gasteiger partial charge in [-0.1, -0.05) is 0 Å². The van der Waals surface area contributed by atoms with Gasteiger partial charge in [0.25, 0.3) is 0 Å². The van der Waals surface area contributed by atoms with Crippen molar-refractivity contribution in [2.75, 3.05) is 24.9 Å². The first-order valence-corrected chi connectivity index (χ1v) is 9.85. The van der Waals surface area contributed by atoms with Crippen molar-refractivity contribution >= 4 is 33.4 Å². The fourth-order valence-electron chi connectivity index (χ4n) is 1.70. The highest BCUT2D eigenvalue weighted by Gasteiger charge is 2.26. The van der Waals surface area contributed by atoms with Crippen LogP contribution < -0.4 is 0 Å². The summed E-state index contributed by atoms with van der Waals surface area (Å²) >= 11 is 7.34. The van der Waals surface area contributed by atoms with Crippen LogP contribution in [0.4, 0.5) is 0 Å². The third kappa shape index (κ3) is 4.65. The lowest BCUT2D eigenvalue weighted by Gasteiger charge is -2.23. The highest BCUT2D eigenvalue weighted by molar-refractivity contribution is 7.98. The molecular weight excluding hydrogens is 318 g/mol. The predicted molar refractivity (Wildman–Crippen MR) is 85.0 cm³/mol. The van der Waals surface area contributed by atoms with Gasteiger partial charge >= 0.3 is 0 Å². The van der Waals surface area contributed by atoms with E-state index in [2.05, 4.69) is 5.10 Å². The average Bonchev–Trinajstić information content (AvgIpc) is 2.91. The number of hydrogen-bond acceptors (Lipinski definition) is 4. The Kier molecular flexibility index (Phi) is 7.36. The van der Waals surface area contributed by atoms with E-state index < -0.39 is 10.0 Å². The van der Waals surface area contributed by atoms with Crippen LogP contribution >= 0.6 is 23.4 Å². The number of halogens is 1. The Morgan fingerprint density at radius 3 is 2.85 bits per heavy atom. The van der Waals surface area contributed by atoms with E-state index in [4.69, 9.17) is 11.6 Å². The van der Waals surface area contributed by atoms with Crippen molar-refractivity contribution in [3.05, 3.63) is 12.4 Å². The van der Waals surface area contributed by atoms with E-state index >= 15 is 0 Å². The molecule has 0 spiro atoms. The van der Waals surface area contributed by atoms with E-state index in [1.54, 1.807) is 29.7 Å². The fraction of sp³-hybridized carbons (Fsp3) is 0.750. The van der Waals surface area contributed by atoms with E-state index in [1.165, 1.54) is 10.5 Å². The molecule has 0 aliphatic carbocycles. The largest absolute Gasteiger partial charge is 0.271 e. The molecule has 116 valence electrons. The molecule has 8 heteroatoms. The maximum absolute atomic E-state index is 12.5. The zero-order chi connectivity index (χ0) is 15.2. The van der Waals surface area contributed by atoms with E-state index in [1.807, 2.05) is 13.2 Å². The predicted octanol–water partition coefficient (Wildman–Crippen LogP) is 2.27. The summed E-state index contributed by atoms with van der Waals surface area (Å²) in [7, 11) is -1.84. The van der Waals surface area contributed by atoms with Gasteiger partial charge in [0.1, 0.15) is 4.90 Å². The van der Waals surface area contributed by atoms with Crippen molar-refractivity contribution < 1.29 is 8.42 Å². The molecule has 1 heterocycles. The lowest BCUT2D eigenvalue weighted by molar-refractivity contribution is 0.382. The number of alkyl halides is 1. The summed E-state index contributed by atoms with van der Waals surface area (Å²) in [5, 5.41) is 4.07. The molecule has 1 unspecified atom stereocenters. The number of sulfonamides is 1. The third-order valence-corrected chi connectivity index (χ3v) is 6.00. The smallest absolute Gasteiger partial charge is 0.246 e. The minimum absolute atomic E-state index is 0.0290. The number of rotatable bonds is 9. The lowest BCUT2D eigenvalue weighted by Crippen LogP contribution is -2.35. The second-order valence-corrected chi connectivity index (χ2v) is 7.99. The summed E-state index contributed by atoms with van der Waals surface area (Å²) in [4.78, 5) is 0.241. The minimum atomic E-state index is -3.47. The van der Waals surface area contributed by atoms with E-state index in [0.717, 1.165) is 18.6 Å². The molecule has 20 heavy (non-hydrogen) atoms. The Hall–Kier alpha value is -0.240. The molecule has 1 aromatic heterocycles. The van der Waals surface area contributed by atoms with Crippen molar-refractivity contribution in [1.82, 2.24) is 14.1 Å². The van der Waals surface area contributed by atoms with Crippen LogP contribution in [0.2, 0.25) is 0 Å². The summed E-state index contributed by atoms with van der Waals surface area (Å²) < 4.78 is 28.0. The second-order valence-electron chi connectivity index (χ2n) is 4.63. The summed E-state index contributed by atoms with van der Waals surface area (Å²) in [5.41, 5.74) is 0. The first-order valence-electron chi connectivity index (χ1n) is 6.49. The molecule has 1 atom stereocenters. The summed E-state index contributed by atoms with van der Waals surface area (Å²) in [5.74, 6) is 1.48. The maximum Gasteiger partial charge on any atom is 0.246 e. The molecule has 0 bridgehead atoms. The van der Waals surface area contributed by atoms with Gasteiger partial charge in [-0.05, 0) is 31.8 Å². The molecule has 0 saturated heterocycles. The molecule has 0 amide bonds. The molecule has 1 aromatic rings. The topological polar surface area (TPSA) is 55.2 Å². The zero-order valence-corrected chi connectivity index (χ0v) is 14.5. The van der Waals surface area contributed by atoms with Gasteiger partial charge in [-0.2, -0.15) is 21.2 Å². The van der Waals surface area contributed by atoms with Gasteiger partial charge in [-0.3, -0.25) is 4.68 Å². The van der Waals surface area contributed by atoms with Crippen molar-refractivity contribution in [2.45, 2.75) is 37.2 Å². The molecule has 0 fully saturated rings. The minimum Gasteiger partial charge on any atom is -0.271 e. The molecular formula is C12H22ClN3O2S2. The van der Waals surface area contributed by atoms with Crippen LogP contribution in [0.3, 0.4) is 0 Å². The molecule has 1 rings (SSSR count). The molecule has 0 saturated carbocycles. The monoisotopic (exact) mass is 339 g/mol. The number of thioether (sulfide) groups is 1. The van der Waals surface area contributed by atoms with Gasteiger partial charge in [0, 0.05) is 31.7 Å². The maximum atomic E-state index is 12.5. The summed E-state index contributed by atoms with van der Waals surface area (Å²) in [6, 6.07) is -0.0290. The SMILES string of the molecule is CSCCC(C)N(C)S(=O)(=O)c1cnn(CCCCl)c1. The van der Waals surface area contributed by atoms with Crippen LogP contribution in [0.15, 0.2) is 17.3 Å². The van der Waals surface area contributed by atoms with Crippen molar-refractivity contribution in [2.24, 2.45) is 0 Å². The first-order chi connectivity index (χ1) is 9.43. The van der Waals surface area contributed by atoms with Gasteiger partial charge < -0.3 is 0 Å². The van der Waals surface area contributed by atoms with E-state index in [9.17, 15) is 8.42 Å². The van der Waals surface area contributed by atoms with Crippen LogP contribution in [0, 0.1) is 0 Å². The Bertz CT molecular complexity index is 505. The molecule has 0 aliphatic heterocycles. The van der Waals surface area contributed by atoms with Crippen LogP contribution in [0.5, 0.6) is 0 Å². The van der Waals surface area contributed by atoms with E-state index in [-0.39, 0.29) is 10.9 Å². The van der Waals surface area contributed by atoms with E-state index in [0.29, 0.717) is 12.4 Å². The highest BCUT2D eigenvalue weighted by atomic mass is 35.5. The van der Waals surface area contributed by atoms with Crippen LogP contribution in [-0.2, 0) is 16.6 Å². The Morgan fingerprint density at radius 2 is 2.25 bits per heavy atom. The zero-order valence-electron chi connectivity index (χ0n) is 12.1. The standard InChI is InChI=1S/C12H22ClN3O2S2/c1-11(5-8-19-3)15(2)20(17,18)12-9-14-16(10-12)7-4-6-13/h9-11H,4-8H2,1-3H3. The van der Waals surface area contributed by atoms with Gasteiger partial charge in [0.15, 0.2) is 0 Å². The lowest BCUT2D eigenvalue weighted by atomic mass is 10.3. The molecule has 0 aromatic carbocycles. The fourth-order valence-corrected chi connectivity index (χ4v) is 3.74. The van der Waals surface area contributed by atoms with Crippen LogP contribution in [0.25, 0.3) is 0 Å². The van der Waals surface area contributed by atoms with Crippen LogP contribution in [-0.4, -0.2) is 53.5 Å². The molecule has 0 radical (unpaired) electrons. The second kappa shape index (κ2) is 8.26. The van der Waals surface area contributed by atoms with Gasteiger partial charge in [-0.15, -0.1) is 11.6 Å². The summed E-state index contributed by atoms with van der Waals surface area (Å²) in [6.07, 6.45) is 6.59. The number of hydrogen-bond donors (Lipinski definition) is 0. The molecule has 0 N–H and O–H groups in total. The number of aromatic nitrogens is 2. The molecule has 0 aliphatic rings. The Morgan fingerprint density at radius 1 is 1.55 bits per heavy atom. The quantitative estimate of drug-likeness (QED) is 0.648. The average molecular weight is 340 g/mol. The highest BCUT2D eigenvalue weighted by Crippen LogP contribution is 2.18. The van der Waals surface area contributed by atoms with Gasteiger partial charge in [-0.25, -0.2) is 8.42 Å². The van der Waals surface area contributed by atoms with Gasteiger partial charge in [0.05, 0.1) is 6.20 Å². The summed E-state index contributed by atoms with van der Waals surface area (Å²) in [6.45, 7) is 2.55. The van der Waals surface area contributed by atoms with Crippen LogP contribution in [0.1, 0.15) is 19.8 Å². The first kappa shape index (κ1) is 17.8. The van der Waals surface area contributed by atoms with Gasteiger partial charge in [0.2, 0.25) is 10.0 Å². The third-order valence-electron chi connectivity index (χ3n) is 3.17. The van der Waals surface area contributed by atoms with Crippen molar-refractivity contribution in [3.63, 3.8) is 0 Å². The normalized spacial score (nSPS) is 13.8. The molecule has 5 nitrogen and oxygen atoms in total. The Balaban J connectivity index is 2.79. The number of nitrogens with zero attached hydrogens (tertiary/aromatic N) is 3. The number of aryl methyl sites for hydroxylation is 1. The Labute approximate surface area is 130 Å².